The molecular weight excluding hydrogens is 349 g/mol. The van der Waals surface area contributed by atoms with Crippen molar-refractivity contribution in [3.63, 3.8) is 0 Å². The Hall–Kier alpha value is -2.42. The van der Waals surface area contributed by atoms with Crippen LogP contribution in [0.2, 0.25) is 0 Å². The predicted molar refractivity (Wildman–Crippen MR) is 89.4 cm³/mol. The molecule has 1 saturated heterocycles. The van der Waals surface area contributed by atoms with Gasteiger partial charge >= 0.3 is 6.18 Å². The van der Waals surface area contributed by atoms with Crippen molar-refractivity contribution in [2.24, 2.45) is 10.9 Å². The van der Waals surface area contributed by atoms with Crippen molar-refractivity contribution in [3.05, 3.63) is 29.5 Å². The lowest BCUT2D eigenvalue weighted by atomic mass is 10.0. The normalized spacial score (nSPS) is 16.3. The lowest BCUT2D eigenvalue weighted by Gasteiger charge is -2.22. The highest BCUT2D eigenvalue weighted by atomic mass is 19.4. The van der Waals surface area contributed by atoms with E-state index in [0.29, 0.717) is 25.5 Å². The zero-order chi connectivity index (χ0) is 18.6. The monoisotopic (exact) mass is 368 g/mol. The van der Waals surface area contributed by atoms with Gasteiger partial charge in [-0.3, -0.25) is 4.99 Å². The first-order chi connectivity index (χ1) is 12.5. The number of alkyl halides is 3. The minimum absolute atomic E-state index is 0.156. The summed E-state index contributed by atoms with van der Waals surface area (Å²) in [7, 11) is 1.55. The number of hydrogen-bond acceptors (Lipinski definition) is 5. The molecule has 26 heavy (non-hydrogen) atoms. The third-order valence-electron chi connectivity index (χ3n) is 4.16. The number of hydrogen-bond donors (Lipinski definition) is 1. The molecule has 1 N–H and O–H groups in total. The van der Waals surface area contributed by atoms with E-state index in [0.717, 1.165) is 25.0 Å². The van der Waals surface area contributed by atoms with E-state index in [9.17, 15) is 13.2 Å². The van der Waals surface area contributed by atoms with Crippen LogP contribution in [0.1, 0.15) is 24.1 Å². The zero-order valence-corrected chi connectivity index (χ0v) is 14.2. The van der Waals surface area contributed by atoms with Gasteiger partial charge in [-0.25, -0.2) is 0 Å². The molecule has 1 aromatic heterocycles. The molecule has 0 radical (unpaired) electrons. The molecule has 0 unspecified atom stereocenters. The third kappa shape index (κ3) is 4.40. The molecule has 0 atom stereocenters. The van der Waals surface area contributed by atoms with Crippen LogP contribution < -0.4 is 4.74 Å². The van der Waals surface area contributed by atoms with Gasteiger partial charge < -0.3 is 9.47 Å². The van der Waals surface area contributed by atoms with Gasteiger partial charge in [0.1, 0.15) is 17.1 Å². The van der Waals surface area contributed by atoms with Crippen LogP contribution in [0.15, 0.2) is 23.2 Å². The summed E-state index contributed by atoms with van der Waals surface area (Å²) >= 11 is 0. The average Bonchev–Trinajstić information content (AvgIpc) is 3.08. The summed E-state index contributed by atoms with van der Waals surface area (Å²) in [5.41, 5.74) is 0.129. The van der Waals surface area contributed by atoms with Crippen LogP contribution in [0.3, 0.4) is 0 Å². The number of nitrogens with zero attached hydrogens (tertiary/aromatic N) is 3. The summed E-state index contributed by atoms with van der Waals surface area (Å²) in [5, 5.41) is 10.3. The highest BCUT2D eigenvalue weighted by Crippen LogP contribution is 2.36. The van der Waals surface area contributed by atoms with E-state index in [2.05, 4.69) is 20.4 Å². The number of halogens is 3. The second kappa shape index (κ2) is 7.86. The molecule has 0 amide bonds. The number of nitrogens with one attached hydrogen (secondary N) is 1. The molecule has 140 valence electrons. The highest BCUT2D eigenvalue weighted by molar-refractivity contribution is 5.86. The van der Waals surface area contributed by atoms with Gasteiger partial charge in [0.05, 0.1) is 18.4 Å². The van der Waals surface area contributed by atoms with Crippen molar-refractivity contribution < 1.29 is 22.6 Å². The Balaban J connectivity index is 1.90. The SMILES string of the molecule is CN=Cc1n[nH]nc1-c1cc(OCC2CCOCC2)cc(C(F)(F)F)c1. The van der Waals surface area contributed by atoms with Crippen molar-refractivity contribution >= 4 is 6.21 Å². The van der Waals surface area contributed by atoms with Crippen molar-refractivity contribution in [1.29, 1.82) is 0 Å². The smallest absolute Gasteiger partial charge is 0.416 e. The Morgan fingerprint density at radius 3 is 2.73 bits per heavy atom. The number of benzene rings is 1. The molecular formula is C17H19F3N4O2. The van der Waals surface area contributed by atoms with Crippen LogP contribution >= 0.6 is 0 Å². The first-order valence-electron chi connectivity index (χ1n) is 8.23. The average molecular weight is 368 g/mol. The largest absolute Gasteiger partial charge is 0.493 e. The first-order valence-corrected chi connectivity index (χ1v) is 8.23. The van der Waals surface area contributed by atoms with E-state index < -0.39 is 11.7 Å². The minimum Gasteiger partial charge on any atom is -0.493 e. The van der Waals surface area contributed by atoms with Gasteiger partial charge in [-0.05, 0) is 37.0 Å². The zero-order valence-electron chi connectivity index (χ0n) is 14.2. The van der Waals surface area contributed by atoms with Gasteiger partial charge in [0.2, 0.25) is 0 Å². The van der Waals surface area contributed by atoms with Gasteiger partial charge in [0.15, 0.2) is 0 Å². The molecule has 0 spiro atoms. The maximum atomic E-state index is 13.3. The van der Waals surface area contributed by atoms with Gasteiger partial charge in [-0.1, -0.05) is 0 Å². The summed E-state index contributed by atoms with van der Waals surface area (Å²) in [6, 6.07) is 3.59. The van der Waals surface area contributed by atoms with Gasteiger partial charge in [0, 0.05) is 25.8 Å². The van der Waals surface area contributed by atoms with E-state index in [4.69, 9.17) is 9.47 Å². The summed E-state index contributed by atoms with van der Waals surface area (Å²) in [6.45, 7) is 1.66. The Bertz CT molecular complexity index is 768. The number of rotatable bonds is 5. The molecule has 0 bridgehead atoms. The van der Waals surface area contributed by atoms with E-state index in [1.807, 2.05) is 0 Å². The lowest BCUT2D eigenvalue weighted by molar-refractivity contribution is -0.137. The van der Waals surface area contributed by atoms with Crippen molar-refractivity contribution in [3.8, 4) is 17.0 Å². The van der Waals surface area contributed by atoms with E-state index in [-0.39, 0.29) is 22.9 Å². The second-order valence-electron chi connectivity index (χ2n) is 6.06. The molecule has 9 heteroatoms. The Labute approximate surface area is 148 Å². The molecule has 0 aliphatic carbocycles. The summed E-state index contributed by atoms with van der Waals surface area (Å²) in [6.07, 6.45) is -1.38. The minimum atomic E-state index is -4.49. The molecule has 1 aromatic carbocycles. The first kappa shape index (κ1) is 18.4. The fourth-order valence-electron chi connectivity index (χ4n) is 2.77. The number of H-pyrrole nitrogens is 1. The van der Waals surface area contributed by atoms with Crippen molar-refractivity contribution in [2.45, 2.75) is 19.0 Å². The Morgan fingerprint density at radius 1 is 1.27 bits per heavy atom. The van der Waals surface area contributed by atoms with Crippen LogP contribution in [-0.2, 0) is 10.9 Å². The molecule has 3 rings (SSSR count). The topological polar surface area (TPSA) is 72.4 Å². The number of aromatic amines is 1. The number of aromatic nitrogens is 3. The quantitative estimate of drug-likeness (QED) is 0.822. The van der Waals surface area contributed by atoms with Crippen LogP contribution in [-0.4, -0.2) is 48.5 Å². The fraction of sp³-hybridized carbons (Fsp3) is 0.471. The summed E-state index contributed by atoms with van der Waals surface area (Å²) < 4.78 is 50.8. The maximum Gasteiger partial charge on any atom is 0.416 e. The predicted octanol–water partition coefficient (Wildman–Crippen LogP) is 3.34. The highest BCUT2D eigenvalue weighted by Gasteiger charge is 2.32. The second-order valence-corrected chi connectivity index (χ2v) is 6.06. The van der Waals surface area contributed by atoms with Crippen LogP contribution in [0, 0.1) is 5.92 Å². The van der Waals surface area contributed by atoms with Crippen LogP contribution in [0.5, 0.6) is 5.75 Å². The van der Waals surface area contributed by atoms with Gasteiger partial charge in [0.25, 0.3) is 0 Å². The van der Waals surface area contributed by atoms with E-state index in [1.165, 1.54) is 6.21 Å². The molecule has 6 nitrogen and oxygen atoms in total. The van der Waals surface area contributed by atoms with E-state index in [1.54, 1.807) is 13.1 Å². The summed E-state index contributed by atoms with van der Waals surface area (Å²) in [5.74, 6) is 0.431. The van der Waals surface area contributed by atoms with Crippen LogP contribution in [0.25, 0.3) is 11.3 Å². The molecule has 1 fully saturated rings. The van der Waals surface area contributed by atoms with E-state index >= 15 is 0 Å². The molecule has 1 aliphatic rings. The standard InChI is InChI=1S/C17H19F3N4O2/c1-21-9-15-16(23-24-22-15)12-6-13(17(18,19)20)8-14(7-12)26-10-11-2-4-25-5-3-11/h6-9,11H,2-5,10H2,1H3,(H,22,23,24). The molecule has 2 aromatic rings. The fourth-order valence-corrected chi connectivity index (χ4v) is 2.77. The van der Waals surface area contributed by atoms with Crippen molar-refractivity contribution in [2.75, 3.05) is 26.9 Å². The summed E-state index contributed by atoms with van der Waals surface area (Å²) in [4.78, 5) is 3.84. The third-order valence-corrected chi connectivity index (χ3v) is 4.16. The van der Waals surface area contributed by atoms with Crippen LogP contribution in [0.4, 0.5) is 13.2 Å². The van der Waals surface area contributed by atoms with Crippen molar-refractivity contribution in [1.82, 2.24) is 15.4 Å². The maximum absolute atomic E-state index is 13.3. The lowest BCUT2D eigenvalue weighted by Crippen LogP contribution is -2.21. The molecule has 0 saturated carbocycles. The molecule has 2 heterocycles. The Morgan fingerprint density at radius 2 is 2.04 bits per heavy atom. The van der Waals surface area contributed by atoms with Gasteiger partial charge in [-0.15, -0.1) is 0 Å². The van der Waals surface area contributed by atoms with Gasteiger partial charge in [-0.2, -0.15) is 28.6 Å². The number of ether oxygens (including phenoxy) is 2. The number of aliphatic imine (C=N–C) groups is 1. The Kier molecular flexibility index (Phi) is 5.55. The molecule has 1 aliphatic heterocycles.